The lowest BCUT2D eigenvalue weighted by Gasteiger charge is -2.26. The van der Waals surface area contributed by atoms with Gasteiger partial charge in [0.2, 0.25) is 5.91 Å². The highest BCUT2D eigenvalue weighted by Gasteiger charge is 2.54. The van der Waals surface area contributed by atoms with Crippen molar-refractivity contribution in [2.24, 2.45) is 23.7 Å². The monoisotopic (exact) mass is 469 g/mol. The van der Waals surface area contributed by atoms with Gasteiger partial charge in [-0.2, -0.15) is 0 Å². The first kappa shape index (κ1) is 23.5. The van der Waals surface area contributed by atoms with E-state index in [2.05, 4.69) is 38.2 Å². The Labute approximate surface area is 198 Å². The molecule has 1 heterocycles. The highest BCUT2D eigenvalue weighted by atomic mass is 32.1. The number of amides is 1. The molecule has 4 unspecified atom stereocenters. The van der Waals surface area contributed by atoms with E-state index < -0.39 is 23.8 Å². The van der Waals surface area contributed by atoms with E-state index in [1.807, 2.05) is 19.1 Å². The molecule has 0 saturated heterocycles. The molecule has 4 atom stereocenters. The number of hydrogen-bond donors (Lipinski definition) is 2. The number of aliphatic carboxylic acids is 1. The number of rotatable bonds is 5. The molecule has 1 aromatic carbocycles. The SMILES string of the molecule is COC(=O)c1c(NC(=O)C2C3CCC(C3)C2C(=O)O)sc(C)c1-c1ccc(C(C)(C)C)cc1. The van der Waals surface area contributed by atoms with E-state index in [-0.39, 0.29) is 23.2 Å². The van der Waals surface area contributed by atoms with Crippen LogP contribution >= 0.6 is 11.3 Å². The number of carboxylic acid groups (broad SMARTS) is 1. The van der Waals surface area contributed by atoms with Crippen LogP contribution in [0.3, 0.4) is 0 Å². The fraction of sp³-hybridized carbons (Fsp3) is 0.500. The molecule has 2 aromatic rings. The number of aryl methyl sites for hydroxylation is 1. The summed E-state index contributed by atoms with van der Waals surface area (Å²) in [4.78, 5) is 38.8. The Bertz CT molecular complexity index is 1100. The Morgan fingerprint density at radius 2 is 1.67 bits per heavy atom. The second-order valence-electron chi connectivity index (χ2n) is 10.3. The van der Waals surface area contributed by atoms with Crippen molar-refractivity contribution in [3.63, 3.8) is 0 Å². The van der Waals surface area contributed by atoms with Crippen LogP contribution in [0.2, 0.25) is 0 Å². The number of benzene rings is 1. The standard InChI is InChI=1S/C26H31NO5S/c1-13-18(14-8-10-17(11-9-14)26(2,3)4)21(25(31)32-5)23(33-13)27-22(28)19-15-6-7-16(12-15)20(19)24(29)30/h8-11,15-16,19-20H,6-7,12H2,1-5H3,(H,27,28)(H,29,30). The lowest BCUT2D eigenvalue weighted by molar-refractivity contribution is -0.148. The molecular weight excluding hydrogens is 438 g/mol. The summed E-state index contributed by atoms with van der Waals surface area (Å²) in [5, 5.41) is 13.1. The molecule has 2 saturated carbocycles. The fourth-order valence-corrected chi connectivity index (χ4v) is 6.70. The van der Waals surface area contributed by atoms with Gasteiger partial charge in [0.05, 0.1) is 18.9 Å². The van der Waals surface area contributed by atoms with E-state index in [1.54, 1.807) is 0 Å². The molecule has 7 heteroatoms. The number of carbonyl (C=O) groups is 3. The van der Waals surface area contributed by atoms with E-state index in [0.29, 0.717) is 10.6 Å². The highest BCUT2D eigenvalue weighted by molar-refractivity contribution is 7.17. The average molecular weight is 470 g/mol. The summed E-state index contributed by atoms with van der Waals surface area (Å²) in [6.45, 7) is 8.35. The van der Waals surface area contributed by atoms with Crippen LogP contribution in [0.1, 0.15) is 60.8 Å². The number of methoxy groups -OCH3 is 1. The van der Waals surface area contributed by atoms with Gasteiger partial charge in [-0.05, 0) is 54.6 Å². The maximum Gasteiger partial charge on any atom is 0.341 e. The molecule has 2 fully saturated rings. The minimum absolute atomic E-state index is 0.00782. The van der Waals surface area contributed by atoms with Crippen LogP contribution < -0.4 is 5.32 Å². The molecule has 1 amide bonds. The van der Waals surface area contributed by atoms with Crippen molar-refractivity contribution < 1.29 is 24.2 Å². The quantitative estimate of drug-likeness (QED) is 0.565. The normalized spacial score (nSPS) is 24.0. The van der Waals surface area contributed by atoms with Crippen molar-refractivity contribution in [3.8, 4) is 11.1 Å². The van der Waals surface area contributed by atoms with Crippen molar-refractivity contribution in [2.75, 3.05) is 12.4 Å². The Morgan fingerprint density at radius 1 is 1.06 bits per heavy atom. The number of carboxylic acids is 1. The summed E-state index contributed by atoms with van der Waals surface area (Å²) >= 11 is 1.33. The number of fused-ring (bicyclic) bond motifs is 2. The smallest absolute Gasteiger partial charge is 0.341 e. The molecule has 0 aliphatic heterocycles. The maximum atomic E-state index is 13.3. The first-order valence-corrected chi connectivity index (χ1v) is 12.2. The molecule has 2 bridgehead atoms. The molecule has 1 aromatic heterocycles. The van der Waals surface area contributed by atoms with Gasteiger partial charge in [-0.3, -0.25) is 9.59 Å². The van der Waals surface area contributed by atoms with Crippen molar-refractivity contribution >= 4 is 34.2 Å². The zero-order valence-electron chi connectivity index (χ0n) is 19.7. The van der Waals surface area contributed by atoms with Gasteiger partial charge < -0.3 is 15.2 Å². The summed E-state index contributed by atoms with van der Waals surface area (Å²) in [6, 6.07) is 8.09. The van der Waals surface area contributed by atoms with Crippen LogP contribution in [-0.2, 0) is 19.7 Å². The first-order chi connectivity index (χ1) is 15.5. The lowest BCUT2D eigenvalue weighted by atomic mass is 9.78. The third kappa shape index (κ3) is 4.19. The highest BCUT2D eigenvalue weighted by Crippen LogP contribution is 2.53. The first-order valence-electron chi connectivity index (χ1n) is 11.4. The van der Waals surface area contributed by atoms with Gasteiger partial charge in [0, 0.05) is 10.4 Å². The molecular formula is C26H31NO5S. The zero-order chi connectivity index (χ0) is 24.1. The number of thiophene rings is 1. The fourth-order valence-electron chi connectivity index (χ4n) is 5.63. The number of anilines is 1. The topological polar surface area (TPSA) is 92.7 Å². The molecule has 6 nitrogen and oxygen atoms in total. The van der Waals surface area contributed by atoms with E-state index >= 15 is 0 Å². The summed E-state index contributed by atoms with van der Waals surface area (Å²) < 4.78 is 5.07. The van der Waals surface area contributed by atoms with Crippen LogP contribution in [0, 0.1) is 30.6 Å². The Kier molecular flexibility index (Phi) is 6.12. The summed E-state index contributed by atoms with van der Waals surface area (Å²) in [6.07, 6.45) is 2.53. The maximum absolute atomic E-state index is 13.3. The Balaban J connectivity index is 1.69. The number of ether oxygens (including phenoxy) is 1. The van der Waals surface area contributed by atoms with Crippen molar-refractivity contribution in [1.82, 2.24) is 0 Å². The predicted molar refractivity (Wildman–Crippen MR) is 129 cm³/mol. The zero-order valence-corrected chi connectivity index (χ0v) is 20.5. The van der Waals surface area contributed by atoms with Crippen LogP contribution in [0.5, 0.6) is 0 Å². The summed E-state index contributed by atoms with van der Waals surface area (Å²) in [5.41, 5.74) is 3.13. The van der Waals surface area contributed by atoms with Crippen molar-refractivity contribution in [1.29, 1.82) is 0 Å². The predicted octanol–water partition coefficient (Wildman–Crippen LogP) is 5.49. The minimum Gasteiger partial charge on any atom is -0.481 e. The van der Waals surface area contributed by atoms with Crippen LogP contribution in [0.25, 0.3) is 11.1 Å². The van der Waals surface area contributed by atoms with E-state index in [4.69, 9.17) is 4.74 Å². The molecule has 2 aliphatic rings. The van der Waals surface area contributed by atoms with Gasteiger partial charge in [-0.15, -0.1) is 11.3 Å². The third-order valence-corrected chi connectivity index (χ3v) is 8.28. The van der Waals surface area contributed by atoms with E-state index in [9.17, 15) is 19.5 Å². The average Bonchev–Trinajstić information content (AvgIpc) is 3.45. The molecule has 0 radical (unpaired) electrons. The molecule has 2 N–H and O–H groups in total. The number of carbonyl (C=O) groups excluding carboxylic acids is 2. The molecule has 0 spiro atoms. The van der Waals surface area contributed by atoms with E-state index in [1.165, 1.54) is 24.0 Å². The van der Waals surface area contributed by atoms with Crippen LogP contribution in [-0.4, -0.2) is 30.1 Å². The van der Waals surface area contributed by atoms with Crippen LogP contribution in [0.4, 0.5) is 5.00 Å². The van der Waals surface area contributed by atoms with Gasteiger partial charge in [-0.1, -0.05) is 45.0 Å². The van der Waals surface area contributed by atoms with E-state index in [0.717, 1.165) is 35.3 Å². The Morgan fingerprint density at radius 3 is 2.21 bits per heavy atom. The number of hydrogen-bond acceptors (Lipinski definition) is 5. The van der Waals surface area contributed by atoms with Crippen molar-refractivity contribution in [2.45, 2.75) is 52.4 Å². The molecule has 176 valence electrons. The van der Waals surface area contributed by atoms with Gasteiger partial charge in [-0.25, -0.2) is 4.79 Å². The minimum atomic E-state index is -0.905. The second kappa shape index (κ2) is 8.60. The molecule has 2 aliphatic carbocycles. The van der Waals surface area contributed by atoms with Crippen LogP contribution in [0.15, 0.2) is 24.3 Å². The number of esters is 1. The molecule has 4 rings (SSSR count). The summed E-state index contributed by atoms with van der Waals surface area (Å²) in [7, 11) is 1.32. The second-order valence-corrected chi connectivity index (χ2v) is 11.5. The third-order valence-electron chi connectivity index (χ3n) is 7.25. The molecule has 33 heavy (non-hydrogen) atoms. The Hall–Kier alpha value is -2.67. The van der Waals surface area contributed by atoms with Gasteiger partial charge in [0.1, 0.15) is 10.6 Å². The van der Waals surface area contributed by atoms with Gasteiger partial charge in [0.15, 0.2) is 0 Å². The van der Waals surface area contributed by atoms with Gasteiger partial charge in [0.25, 0.3) is 0 Å². The lowest BCUT2D eigenvalue weighted by Crippen LogP contribution is -2.37. The van der Waals surface area contributed by atoms with Crippen molar-refractivity contribution in [3.05, 3.63) is 40.3 Å². The largest absolute Gasteiger partial charge is 0.481 e. The number of nitrogens with one attached hydrogen (secondary N) is 1. The van der Waals surface area contributed by atoms with Gasteiger partial charge >= 0.3 is 11.9 Å². The summed E-state index contributed by atoms with van der Waals surface area (Å²) in [5.74, 6) is -2.81.